The number of nitrogens with zero attached hydrogens (tertiary/aromatic N) is 1. The lowest BCUT2D eigenvalue weighted by Crippen LogP contribution is -2.26. The molecule has 5 heteroatoms. The van der Waals surface area contributed by atoms with Gasteiger partial charge in [-0.3, -0.25) is 0 Å². The maximum Gasteiger partial charge on any atom is 0.231 e. The van der Waals surface area contributed by atoms with Gasteiger partial charge in [0, 0.05) is 17.5 Å². The highest BCUT2D eigenvalue weighted by molar-refractivity contribution is 5.91. The van der Waals surface area contributed by atoms with Crippen LogP contribution in [0, 0.1) is 0 Å². The van der Waals surface area contributed by atoms with E-state index in [4.69, 9.17) is 18.9 Å². The largest absolute Gasteiger partial charge is 0.493 e. The molecular formula is C21H19NO4. The Labute approximate surface area is 152 Å². The zero-order valence-corrected chi connectivity index (χ0v) is 14.9. The molecule has 0 spiro atoms. The molecule has 3 aliphatic rings. The molecular weight excluding hydrogens is 330 g/mol. The molecule has 0 saturated carbocycles. The standard InChI is InChI=1S/C21H19NO4/c1-12-15-9-19(24-3)18(23-2)8-14(15)6-17-16-10-21-20(25-11-26-21)7-13(16)4-5-22(12)17/h4-10,12H,11H2,1-3H3. The SMILES string of the molecule is COc1cc2c(cc1OC)C(C)N1C=Cc3cc4c(cc3C1=C2)OCO4. The zero-order valence-electron chi connectivity index (χ0n) is 14.9. The van der Waals surface area contributed by atoms with Gasteiger partial charge in [0.15, 0.2) is 23.0 Å². The molecule has 5 rings (SSSR count). The van der Waals surface area contributed by atoms with Crippen molar-refractivity contribution in [2.75, 3.05) is 21.0 Å². The molecule has 5 nitrogen and oxygen atoms in total. The van der Waals surface area contributed by atoms with Gasteiger partial charge in [-0.05, 0) is 60.0 Å². The Morgan fingerprint density at radius 2 is 1.69 bits per heavy atom. The van der Waals surface area contributed by atoms with E-state index in [-0.39, 0.29) is 12.8 Å². The lowest BCUT2D eigenvalue weighted by atomic mass is 9.89. The van der Waals surface area contributed by atoms with Crippen LogP contribution in [0.25, 0.3) is 17.8 Å². The Kier molecular flexibility index (Phi) is 3.19. The molecule has 0 aromatic heterocycles. The first-order valence-electron chi connectivity index (χ1n) is 8.58. The van der Waals surface area contributed by atoms with Crippen LogP contribution in [0.2, 0.25) is 0 Å². The maximum atomic E-state index is 5.58. The van der Waals surface area contributed by atoms with Crippen molar-refractivity contribution in [1.29, 1.82) is 0 Å². The third-order valence-electron chi connectivity index (χ3n) is 5.26. The molecule has 0 saturated heterocycles. The quantitative estimate of drug-likeness (QED) is 0.809. The third-order valence-corrected chi connectivity index (χ3v) is 5.26. The van der Waals surface area contributed by atoms with E-state index >= 15 is 0 Å². The van der Waals surface area contributed by atoms with Crippen LogP contribution in [0.3, 0.4) is 0 Å². The average molecular weight is 349 g/mol. The van der Waals surface area contributed by atoms with Crippen LogP contribution in [0.1, 0.15) is 35.2 Å². The van der Waals surface area contributed by atoms with Gasteiger partial charge >= 0.3 is 0 Å². The molecule has 0 N–H and O–H groups in total. The van der Waals surface area contributed by atoms with Crippen LogP contribution in [0.5, 0.6) is 23.0 Å². The Bertz CT molecular complexity index is 976. The van der Waals surface area contributed by atoms with Gasteiger partial charge in [0.1, 0.15) is 0 Å². The molecule has 132 valence electrons. The Morgan fingerprint density at radius 3 is 2.46 bits per heavy atom. The second kappa shape index (κ2) is 5.46. The van der Waals surface area contributed by atoms with Gasteiger partial charge in [0.2, 0.25) is 6.79 Å². The van der Waals surface area contributed by atoms with Crippen molar-refractivity contribution in [2.24, 2.45) is 0 Å². The summed E-state index contributed by atoms with van der Waals surface area (Å²) in [6.45, 7) is 2.47. The van der Waals surface area contributed by atoms with Crippen LogP contribution in [0.4, 0.5) is 0 Å². The maximum absolute atomic E-state index is 5.58. The van der Waals surface area contributed by atoms with Crippen LogP contribution >= 0.6 is 0 Å². The molecule has 1 atom stereocenters. The fourth-order valence-corrected chi connectivity index (χ4v) is 3.88. The zero-order chi connectivity index (χ0) is 17.8. The van der Waals surface area contributed by atoms with E-state index in [0.29, 0.717) is 0 Å². The second-order valence-corrected chi connectivity index (χ2v) is 6.56. The Balaban J connectivity index is 1.70. The monoisotopic (exact) mass is 349 g/mol. The van der Waals surface area contributed by atoms with E-state index in [2.05, 4.69) is 42.3 Å². The summed E-state index contributed by atoms with van der Waals surface area (Å²) < 4.78 is 22.1. The summed E-state index contributed by atoms with van der Waals surface area (Å²) in [6, 6.07) is 8.40. The van der Waals surface area contributed by atoms with Gasteiger partial charge in [-0.15, -0.1) is 0 Å². The van der Waals surface area contributed by atoms with E-state index in [1.165, 1.54) is 5.56 Å². The van der Waals surface area contributed by atoms with Crippen LogP contribution < -0.4 is 18.9 Å². The summed E-state index contributed by atoms with van der Waals surface area (Å²) in [5, 5.41) is 0. The summed E-state index contributed by atoms with van der Waals surface area (Å²) in [4.78, 5) is 2.28. The number of hydrogen-bond acceptors (Lipinski definition) is 5. The normalized spacial score (nSPS) is 18.7. The topological polar surface area (TPSA) is 40.2 Å². The third kappa shape index (κ3) is 2.03. The second-order valence-electron chi connectivity index (χ2n) is 6.56. The molecule has 0 fully saturated rings. The summed E-state index contributed by atoms with van der Waals surface area (Å²) in [5.41, 5.74) is 5.77. The van der Waals surface area contributed by atoms with Crippen LogP contribution in [-0.4, -0.2) is 25.9 Å². The molecule has 2 aromatic carbocycles. The number of hydrogen-bond donors (Lipinski definition) is 0. The van der Waals surface area contributed by atoms with Gasteiger partial charge in [-0.2, -0.15) is 0 Å². The van der Waals surface area contributed by atoms with Crippen molar-refractivity contribution in [2.45, 2.75) is 13.0 Å². The lowest BCUT2D eigenvalue weighted by Gasteiger charge is -2.38. The van der Waals surface area contributed by atoms with E-state index in [0.717, 1.165) is 45.4 Å². The minimum Gasteiger partial charge on any atom is -0.493 e. The van der Waals surface area contributed by atoms with Gasteiger partial charge < -0.3 is 23.8 Å². The molecule has 0 radical (unpaired) electrons. The van der Waals surface area contributed by atoms with Crippen molar-refractivity contribution in [1.82, 2.24) is 4.90 Å². The van der Waals surface area contributed by atoms with Gasteiger partial charge in [0.05, 0.1) is 20.3 Å². The molecule has 0 bridgehead atoms. The average Bonchev–Trinajstić information content (AvgIpc) is 3.13. The summed E-state index contributed by atoms with van der Waals surface area (Å²) >= 11 is 0. The van der Waals surface area contributed by atoms with Crippen molar-refractivity contribution >= 4 is 17.8 Å². The highest BCUT2D eigenvalue weighted by atomic mass is 16.7. The van der Waals surface area contributed by atoms with E-state index in [9.17, 15) is 0 Å². The number of fused-ring (bicyclic) bond motifs is 5. The molecule has 3 aliphatic heterocycles. The summed E-state index contributed by atoms with van der Waals surface area (Å²) in [7, 11) is 3.33. The van der Waals surface area contributed by atoms with E-state index < -0.39 is 0 Å². The smallest absolute Gasteiger partial charge is 0.231 e. The number of ether oxygens (including phenoxy) is 4. The minimum atomic E-state index is 0.180. The van der Waals surface area contributed by atoms with Crippen molar-refractivity contribution in [3.63, 3.8) is 0 Å². The molecule has 26 heavy (non-hydrogen) atoms. The van der Waals surface area contributed by atoms with Gasteiger partial charge in [-0.1, -0.05) is 0 Å². The number of methoxy groups -OCH3 is 2. The minimum absolute atomic E-state index is 0.180. The highest BCUT2D eigenvalue weighted by Crippen LogP contribution is 2.47. The number of benzene rings is 2. The first kappa shape index (κ1) is 15.2. The van der Waals surface area contributed by atoms with E-state index in [1.54, 1.807) is 14.2 Å². The highest BCUT2D eigenvalue weighted by Gasteiger charge is 2.30. The molecule has 2 aromatic rings. The van der Waals surface area contributed by atoms with E-state index in [1.807, 2.05) is 12.1 Å². The van der Waals surface area contributed by atoms with Gasteiger partial charge in [0.25, 0.3) is 0 Å². The first-order valence-corrected chi connectivity index (χ1v) is 8.58. The van der Waals surface area contributed by atoms with Crippen LogP contribution in [-0.2, 0) is 0 Å². The molecule has 3 heterocycles. The van der Waals surface area contributed by atoms with Crippen molar-refractivity contribution in [3.8, 4) is 23.0 Å². The Morgan fingerprint density at radius 1 is 0.962 bits per heavy atom. The summed E-state index contributed by atoms with van der Waals surface area (Å²) in [6.07, 6.45) is 6.44. The predicted octanol–water partition coefficient (Wildman–Crippen LogP) is 4.29. The fraction of sp³-hybridized carbons (Fsp3) is 0.238. The molecule has 1 unspecified atom stereocenters. The lowest BCUT2D eigenvalue weighted by molar-refractivity contribution is 0.174. The molecule has 0 aliphatic carbocycles. The summed E-state index contributed by atoms with van der Waals surface area (Å²) in [5.74, 6) is 3.09. The predicted molar refractivity (Wildman–Crippen MR) is 99.3 cm³/mol. The van der Waals surface area contributed by atoms with Crippen molar-refractivity contribution < 1.29 is 18.9 Å². The van der Waals surface area contributed by atoms with Crippen molar-refractivity contribution in [3.05, 3.63) is 52.7 Å². The Hall–Kier alpha value is -3.08. The number of rotatable bonds is 2. The molecule has 0 amide bonds. The first-order chi connectivity index (χ1) is 12.7. The van der Waals surface area contributed by atoms with Crippen LogP contribution in [0.15, 0.2) is 30.5 Å². The fourth-order valence-electron chi connectivity index (χ4n) is 3.88. The van der Waals surface area contributed by atoms with Gasteiger partial charge in [-0.25, -0.2) is 0 Å².